The van der Waals surface area contributed by atoms with Gasteiger partial charge in [0.05, 0.1) is 22.3 Å². The summed E-state index contributed by atoms with van der Waals surface area (Å²) in [5.41, 5.74) is -0.213. The standard InChI is InChI=1S/2C8H6O4.4ClH/c9-7(10)5-1-2-6(4-3-5)8(11)12;9-7(10)5-3-1-2-4-6(5)8(11)12;;;;/h2*1-4H,(H,9,10)(H,11,12);4*1H. The first-order valence-electron chi connectivity index (χ1n) is 6.36. The van der Waals surface area contributed by atoms with Crippen LogP contribution in [0.3, 0.4) is 0 Å². The average molecular weight is 478 g/mol. The van der Waals surface area contributed by atoms with Gasteiger partial charge in [0.25, 0.3) is 0 Å². The molecule has 0 amide bonds. The highest BCUT2D eigenvalue weighted by Crippen LogP contribution is 2.08. The number of rotatable bonds is 4. The Balaban J connectivity index is -0.000000180. The second kappa shape index (κ2) is 15.5. The van der Waals surface area contributed by atoms with Gasteiger partial charge in [0.1, 0.15) is 0 Å². The van der Waals surface area contributed by atoms with E-state index in [1.54, 1.807) is 0 Å². The van der Waals surface area contributed by atoms with Gasteiger partial charge in [0.15, 0.2) is 0 Å². The van der Waals surface area contributed by atoms with Crippen molar-refractivity contribution in [3.63, 3.8) is 0 Å². The minimum Gasteiger partial charge on any atom is -0.478 e. The molecule has 2 rings (SSSR count). The number of carboxylic acids is 4. The van der Waals surface area contributed by atoms with E-state index in [9.17, 15) is 19.2 Å². The van der Waals surface area contributed by atoms with Crippen molar-refractivity contribution in [3.05, 3.63) is 70.8 Å². The van der Waals surface area contributed by atoms with Crippen molar-refractivity contribution in [2.45, 2.75) is 0 Å². The third-order valence-electron chi connectivity index (χ3n) is 2.77. The van der Waals surface area contributed by atoms with Crippen LogP contribution in [0.25, 0.3) is 0 Å². The normalized spacial score (nSPS) is 8.00. The summed E-state index contributed by atoms with van der Waals surface area (Å²) in [6.07, 6.45) is 0. The second-order valence-electron chi connectivity index (χ2n) is 4.34. The molecule has 156 valence electrons. The second-order valence-corrected chi connectivity index (χ2v) is 4.34. The fraction of sp³-hybridized carbons (Fsp3) is 0. The van der Waals surface area contributed by atoms with Gasteiger partial charge >= 0.3 is 23.9 Å². The van der Waals surface area contributed by atoms with Crippen molar-refractivity contribution in [2.24, 2.45) is 0 Å². The topological polar surface area (TPSA) is 149 Å². The number of carbonyl (C=O) groups is 4. The fourth-order valence-corrected chi connectivity index (χ4v) is 1.61. The van der Waals surface area contributed by atoms with Crippen LogP contribution in [0, 0.1) is 0 Å². The third-order valence-corrected chi connectivity index (χ3v) is 2.77. The van der Waals surface area contributed by atoms with Crippen LogP contribution in [0.1, 0.15) is 41.4 Å². The van der Waals surface area contributed by atoms with Gasteiger partial charge in [-0.2, -0.15) is 0 Å². The Morgan fingerprint density at radius 1 is 0.464 bits per heavy atom. The molecule has 0 atom stereocenters. The van der Waals surface area contributed by atoms with Crippen LogP contribution in [-0.2, 0) is 0 Å². The first kappa shape index (κ1) is 33.1. The van der Waals surface area contributed by atoms with E-state index < -0.39 is 23.9 Å². The van der Waals surface area contributed by atoms with E-state index in [0.29, 0.717) is 0 Å². The molecular formula is C16H16Cl4O8. The van der Waals surface area contributed by atoms with Crippen molar-refractivity contribution in [3.8, 4) is 0 Å². The molecule has 0 unspecified atom stereocenters. The molecule has 0 saturated heterocycles. The minimum atomic E-state index is -1.23. The number of hydrogen-bond donors (Lipinski definition) is 4. The summed E-state index contributed by atoms with van der Waals surface area (Å²) in [4.78, 5) is 41.6. The maximum Gasteiger partial charge on any atom is 0.336 e. The Hall–Kier alpha value is -2.52. The highest BCUT2D eigenvalue weighted by molar-refractivity contribution is 6.01. The molecule has 4 N–H and O–H groups in total. The molecule has 0 heterocycles. The van der Waals surface area contributed by atoms with Crippen molar-refractivity contribution in [1.82, 2.24) is 0 Å². The molecule has 0 fully saturated rings. The van der Waals surface area contributed by atoms with Crippen LogP contribution in [0.4, 0.5) is 0 Å². The lowest BCUT2D eigenvalue weighted by atomic mass is 10.1. The number of benzene rings is 2. The first-order valence-corrected chi connectivity index (χ1v) is 6.36. The van der Waals surface area contributed by atoms with Crippen LogP contribution >= 0.6 is 49.6 Å². The van der Waals surface area contributed by atoms with Gasteiger partial charge in [-0.05, 0) is 36.4 Å². The summed E-state index contributed by atoms with van der Waals surface area (Å²) in [7, 11) is 0. The maximum atomic E-state index is 10.5. The first-order chi connectivity index (χ1) is 11.2. The highest BCUT2D eigenvalue weighted by atomic mass is 35.5. The fourth-order valence-electron chi connectivity index (χ4n) is 1.61. The lowest BCUT2D eigenvalue weighted by Gasteiger charge is -1.98. The van der Waals surface area contributed by atoms with Crippen molar-refractivity contribution in [2.75, 3.05) is 0 Å². The predicted octanol–water partition coefficient (Wildman–Crippen LogP) is 3.85. The van der Waals surface area contributed by atoms with Crippen molar-refractivity contribution >= 4 is 73.5 Å². The van der Waals surface area contributed by atoms with Crippen LogP contribution in [0.15, 0.2) is 48.5 Å². The molecule has 0 spiro atoms. The molecule has 12 heteroatoms. The summed E-state index contributed by atoms with van der Waals surface area (Å²) < 4.78 is 0. The van der Waals surface area contributed by atoms with Crippen LogP contribution < -0.4 is 0 Å². The zero-order valence-corrected chi connectivity index (χ0v) is 16.9. The van der Waals surface area contributed by atoms with E-state index in [2.05, 4.69) is 0 Å². The summed E-state index contributed by atoms with van der Waals surface area (Å²) in [6.45, 7) is 0. The lowest BCUT2D eigenvalue weighted by molar-refractivity contribution is 0.0651. The van der Waals surface area contributed by atoms with Crippen molar-refractivity contribution < 1.29 is 39.6 Å². The Labute approximate surface area is 183 Å². The molecule has 0 aromatic heterocycles. The van der Waals surface area contributed by atoms with E-state index in [0.717, 1.165) is 0 Å². The van der Waals surface area contributed by atoms with Crippen LogP contribution in [-0.4, -0.2) is 44.3 Å². The number of carboxylic acid groups (broad SMARTS) is 4. The zero-order valence-electron chi connectivity index (χ0n) is 13.7. The number of halogens is 4. The average Bonchev–Trinajstić information content (AvgIpc) is 2.55. The van der Waals surface area contributed by atoms with Crippen LogP contribution in [0.2, 0.25) is 0 Å². The van der Waals surface area contributed by atoms with Gasteiger partial charge < -0.3 is 20.4 Å². The molecule has 0 aliphatic carbocycles. The molecule has 0 radical (unpaired) electrons. The molecule has 28 heavy (non-hydrogen) atoms. The quantitative estimate of drug-likeness (QED) is 0.518. The Morgan fingerprint density at radius 2 is 0.714 bits per heavy atom. The predicted molar refractivity (Wildman–Crippen MR) is 110 cm³/mol. The van der Waals surface area contributed by atoms with E-state index in [1.165, 1.54) is 48.5 Å². The molecule has 8 nitrogen and oxygen atoms in total. The van der Waals surface area contributed by atoms with E-state index in [-0.39, 0.29) is 71.9 Å². The Kier molecular flexibility index (Phi) is 18.4. The molecule has 0 aliphatic rings. The number of hydrogen-bond acceptors (Lipinski definition) is 4. The van der Waals surface area contributed by atoms with Crippen molar-refractivity contribution in [1.29, 1.82) is 0 Å². The van der Waals surface area contributed by atoms with E-state index in [1.807, 2.05) is 0 Å². The molecule has 2 aromatic rings. The molecule has 0 bridgehead atoms. The molecular weight excluding hydrogens is 462 g/mol. The van der Waals surface area contributed by atoms with E-state index in [4.69, 9.17) is 20.4 Å². The molecule has 0 aliphatic heterocycles. The monoisotopic (exact) mass is 476 g/mol. The summed E-state index contributed by atoms with van der Waals surface area (Å²) >= 11 is 0. The largest absolute Gasteiger partial charge is 0.478 e. The Morgan fingerprint density at radius 3 is 0.893 bits per heavy atom. The van der Waals surface area contributed by atoms with Gasteiger partial charge in [0, 0.05) is 0 Å². The van der Waals surface area contributed by atoms with Gasteiger partial charge in [-0.25, -0.2) is 19.2 Å². The van der Waals surface area contributed by atoms with Crippen LogP contribution in [0.5, 0.6) is 0 Å². The number of aromatic carboxylic acids is 4. The molecule has 2 aromatic carbocycles. The molecule has 0 saturated carbocycles. The smallest absolute Gasteiger partial charge is 0.336 e. The highest BCUT2D eigenvalue weighted by Gasteiger charge is 2.13. The summed E-state index contributed by atoms with van der Waals surface area (Å²) in [6, 6.07) is 10.5. The SMILES string of the molecule is Cl.Cl.Cl.Cl.O=C(O)c1ccc(C(=O)O)cc1.O=C(O)c1ccccc1C(=O)O. The van der Waals surface area contributed by atoms with Gasteiger partial charge in [-0.15, -0.1) is 49.6 Å². The zero-order chi connectivity index (χ0) is 18.3. The van der Waals surface area contributed by atoms with E-state index >= 15 is 0 Å². The van der Waals surface area contributed by atoms with Gasteiger partial charge in [0.2, 0.25) is 0 Å². The maximum absolute atomic E-state index is 10.5. The Bertz CT molecular complexity index is 727. The minimum absolute atomic E-state index is 0. The summed E-state index contributed by atoms with van der Waals surface area (Å²) in [5, 5.41) is 34.0. The van der Waals surface area contributed by atoms with Gasteiger partial charge in [-0.3, -0.25) is 0 Å². The lowest BCUT2D eigenvalue weighted by Crippen LogP contribution is -2.06. The third kappa shape index (κ3) is 9.98. The summed E-state index contributed by atoms with van der Waals surface area (Å²) in [5.74, 6) is -4.58. The van der Waals surface area contributed by atoms with Gasteiger partial charge in [-0.1, -0.05) is 12.1 Å².